The van der Waals surface area contributed by atoms with E-state index in [9.17, 15) is 19.2 Å². The van der Waals surface area contributed by atoms with Crippen LogP contribution in [0.25, 0.3) is 0 Å². The molecule has 0 aliphatic heterocycles. The first-order chi connectivity index (χ1) is 29.9. The van der Waals surface area contributed by atoms with Crippen LogP contribution in [0.2, 0.25) is 0 Å². The number of benzene rings is 2. The molecule has 0 saturated heterocycles. The summed E-state index contributed by atoms with van der Waals surface area (Å²) in [6.07, 6.45) is 7.89. The number of aryl methyl sites for hydroxylation is 1. The third kappa shape index (κ3) is 23.4. The number of anilines is 1. The Hall–Kier alpha value is -4.81. The standard InChI is InChI=1S/C46H67N5O11S/c1-44(2,3)62-42(56)46(6,7)33-45(4,5)19-9-8-10-34-11-13-35(14-12-34)30-61-37-15-17-38(18-16-37)63-51-43-49-28-36(29-50-43)41(55)48-21-23-58-24-26-59-31-39(52)47-20-22-57-25-27-60-32-40(53)54/h11-18,28-29H,8-10,19-27,30-33H2,1-7H3,(H,47,52)(H,48,55)(H,53,54)(H,49,50,51). The predicted octanol–water partition coefficient (Wildman–Crippen LogP) is 6.67. The summed E-state index contributed by atoms with van der Waals surface area (Å²) in [6.45, 7) is 16.0. The van der Waals surface area contributed by atoms with Crippen LogP contribution in [0.4, 0.5) is 5.95 Å². The average molecular weight is 898 g/mol. The number of amides is 2. The average Bonchev–Trinajstić information content (AvgIpc) is 3.22. The number of esters is 1. The van der Waals surface area contributed by atoms with Crippen molar-refractivity contribution in [1.29, 1.82) is 0 Å². The molecular weight excluding hydrogens is 831 g/mol. The van der Waals surface area contributed by atoms with Gasteiger partial charge in [-0.05, 0) is 113 Å². The largest absolute Gasteiger partial charge is 0.489 e. The van der Waals surface area contributed by atoms with Crippen molar-refractivity contribution < 1.29 is 52.7 Å². The van der Waals surface area contributed by atoms with Crippen molar-refractivity contribution in [3.05, 3.63) is 77.6 Å². The van der Waals surface area contributed by atoms with Gasteiger partial charge in [0, 0.05) is 30.4 Å². The van der Waals surface area contributed by atoms with Gasteiger partial charge in [-0.25, -0.2) is 14.8 Å². The zero-order valence-electron chi connectivity index (χ0n) is 37.9. The predicted molar refractivity (Wildman–Crippen MR) is 241 cm³/mol. The molecule has 3 aromatic rings. The van der Waals surface area contributed by atoms with E-state index in [2.05, 4.69) is 63.4 Å². The molecule has 4 N–H and O–H groups in total. The van der Waals surface area contributed by atoms with Crippen LogP contribution >= 0.6 is 11.9 Å². The molecule has 0 saturated carbocycles. The van der Waals surface area contributed by atoms with Gasteiger partial charge < -0.3 is 44.2 Å². The normalized spacial score (nSPS) is 11.8. The lowest BCUT2D eigenvalue weighted by atomic mass is 9.72. The smallest absolute Gasteiger partial charge is 0.329 e. The highest BCUT2D eigenvalue weighted by Gasteiger charge is 2.37. The van der Waals surface area contributed by atoms with E-state index in [0.717, 1.165) is 48.3 Å². The molecule has 17 heteroatoms. The van der Waals surface area contributed by atoms with Gasteiger partial charge in [0.1, 0.15) is 31.2 Å². The molecule has 0 aliphatic rings. The number of aromatic nitrogens is 2. The second-order valence-corrected chi connectivity index (χ2v) is 18.2. The highest BCUT2D eigenvalue weighted by molar-refractivity contribution is 8.00. The van der Waals surface area contributed by atoms with Crippen LogP contribution in [0.3, 0.4) is 0 Å². The van der Waals surface area contributed by atoms with Crippen LogP contribution in [-0.2, 0) is 51.1 Å². The molecule has 3 rings (SSSR count). The van der Waals surface area contributed by atoms with Crippen molar-refractivity contribution in [3.8, 4) is 5.75 Å². The molecular formula is C46H67N5O11S. The number of hydrogen-bond acceptors (Lipinski definition) is 14. The van der Waals surface area contributed by atoms with E-state index in [-0.39, 0.29) is 89.1 Å². The molecule has 63 heavy (non-hydrogen) atoms. The van der Waals surface area contributed by atoms with Crippen LogP contribution in [0.5, 0.6) is 5.75 Å². The first-order valence-corrected chi connectivity index (χ1v) is 22.1. The van der Waals surface area contributed by atoms with E-state index < -0.39 is 17.0 Å². The van der Waals surface area contributed by atoms with Crippen LogP contribution in [0.1, 0.15) is 95.6 Å². The number of carboxylic acid groups (broad SMARTS) is 1. The lowest BCUT2D eigenvalue weighted by Gasteiger charge is -2.35. The number of carbonyl (C=O) groups excluding carboxylic acids is 3. The minimum atomic E-state index is -1.04. The van der Waals surface area contributed by atoms with Crippen LogP contribution in [0.15, 0.2) is 65.8 Å². The van der Waals surface area contributed by atoms with Crippen LogP contribution in [-0.4, -0.2) is 110 Å². The van der Waals surface area contributed by atoms with Gasteiger partial charge in [0.2, 0.25) is 11.9 Å². The number of aliphatic carboxylic acids is 1. The summed E-state index contributed by atoms with van der Waals surface area (Å²) in [4.78, 5) is 56.8. The SMILES string of the molecule is CC(C)(CCCCc1ccc(COc2ccc(SNc3ncc(C(=O)NCCOCCOCC(=O)NCCOCCOCC(=O)O)cn3)cc2)cc1)CC(C)(C)C(=O)OC(C)(C)C. The molecule has 0 aliphatic carbocycles. The van der Waals surface area contributed by atoms with Gasteiger partial charge in [0.25, 0.3) is 5.91 Å². The number of carbonyl (C=O) groups is 4. The summed E-state index contributed by atoms with van der Waals surface area (Å²) in [5.41, 5.74) is 1.72. The molecule has 0 unspecified atom stereocenters. The van der Waals surface area contributed by atoms with Crippen molar-refractivity contribution in [2.75, 3.05) is 70.7 Å². The first-order valence-electron chi connectivity index (χ1n) is 21.3. The van der Waals surface area contributed by atoms with Crippen molar-refractivity contribution in [2.45, 2.75) is 97.7 Å². The molecule has 0 atom stereocenters. The van der Waals surface area contributed by atoms with E-state index in [0.29, 0.717) is 18.1 Å². The van der Waals surface area contributed by atoms with E-state index in [4.69, 9.17) is 33.5 Å². The number of nitrogens with one attached hydrogen (secondary N) is 3. The summed E-state index contributed by atoms with van der Waals surface area (Å²) >= 11 is 1.34. The van der Waals surface area contributed by atoms with Gasteiger partial charge in [-0.15, -0.1) is 0 Å². The van der Waals surface area contributed by atoms with Gasteiger partial charge in [0.05, 0.1) is 50.6 Å². The monoisotopic (exact) mass is 897 g/mol. The van der Waals surface area contributed by atoms with E-state index in [1.807, 2.05) is 58.9 Å². The Kier molecular flexibility index (Phi) is 22.8. The maximum Gasteiger partial charge on any atom is 0.329 e. The van der Waals surface area contributed by atoms with Crippen molar-refractivity contribution >= 4 is 41.6 Å². The summed E-state index contributed by atoms with van der Waals surface area (Å²) in [5.74, 6) is -0.703. The number of nitrogens with zero attached hydrogens (tertiary/aromatic N) is 2. The molecule has 2 aromatic carbocycles. The second kappa shape index (κ2) is 27.4. The van der Waals surface area contributed by atoms with Crippen molar-refractivity contribution in [2.24, 2.45) is 10.8 Å². The molecule has 16 nitrogen and oxygen atoms in total. The Labute approximate surface area is 376 Å². The third-order valence-corrected chi connectivity index (χ3v) is 9.96. The minimum Gasteiger partial charge on any atom is -0.489 e. The quantitative estimate of drug-likeness (QED) is 0.0302. The Morgan fingerprint density at radius 1 is 0.698 bits per heavy atom. The lowest BCUT2D eigenvalue weighted by Crippen LogP contribution is -2.36. The fraction of sp³-hybridized carbons (Fsp3) is 0.565. The molecule has 0 bridgehead atoms. The zero-order valence-corrected chi connectivity index (χ0v) is 38.7. The second-order valence-electron chi connectivity index (χ2n) is 17.3. The number of ether oxygens (including phenoxy) is 6. The van der Waals surface area contributed by atoms with Gasteiger partial charge in [0.15, 0.2) is 0 Å². The Balaban J connectivity index is 1.22. The fourth-order valence-electron chi connectivity index (χ4n) is 6.30. The Morgan fingerprint density at radius 2 is 1.29 bits per heavy atom. The van der Waals surface area contributed by atoms with Gasteiger partial charge in [-0.3, -0.25) is 19.1 Å². The highest BCUT2D eigenvalue weighted by atomic mass is 32.2. The summed E-state index contributed by atoms with van der Waals surface area (Å²) in [6, 6.07) is 16.3. The first kappa shape index (κ1) is 52.5. The highest BCUT2D eigenvalue weighted by Crippen LogP contribution is 2.39. The maximum atomic E-state index is 12.8. The molecule has 0 radical (unpaired) electrons. The molecule has 1 aromatic heterocycles. The van der Waals surface area contributed by atoms with Gasteiger partial charge in [-0.1, -0.05) is 44.5 Å². The van der Waals surface area contributed by atoms with E-state index in [1.165, 1.54) is 29.9 Å². The summed E-state index contributed by atoms with van der Waals surface area (Å²) in [5, 5.41) is 13.9. The molecule has 348 valence electrons. The number of hydrogen-bond donors (Lipinski definition) is 4. The lowest BCUT2D eigenvalue weighted by molar-refractivity contribution is -0.167. The summed E-state index contributed by atoms with van der Waals surface area (Å²) in [7, 11) is 0. The molecule has 0 spiro atoms. The maximum absolute atomic E-state index is 12.8. The zero-order chi connectivity index (χ0) is 46.1. The number of carboxylic acids is 1. The fourth-order valence-corrected chi connectivity index (χ4v) is 6.88. The van der Waals surface area contributed by atoms with Crippen molar-refractivity contribution in [3.63, 3.8) is 0 Å². The van der Waals surface area contributed by atoms with Crippen LogP contribution < -0.4 is 20.1 Å². The molecule has 1 heterocycles. The van der Waals surface area contributed by atoms with E-state index in [1.54, 1.807) is 0 Å². The van der Waals surface area contributed by atoms with Gasteiger partial charge >= 0.3 is 11.9 Å². The molecule has 2 amide bonds. The van der Waals surface area contributed by atoms with E-state index >= 15 is 0 Å². The Morgan fingerprint density at radius 3 is 1.90 bits per heavy atom. The van der Waals surface area contributed by atoms with Gasteiger partial charge in [-0.2, -0.15) is 0 Å². The Bertz CT molecular complexity index is 1820. The number of unbranched alkanes of at least 4 members (excludes halogenated alkanes) is 1. The van der Waals surface area contributed by atoms with Crippen molar-refractivity contribution in [1.82, 2.24) is 20.6 Å². The number of rotatable bonds is 31. The topological polar surface area (TPSA) is 206 Å². The summed E-state index contributed by atoms with van der Waals surface area (Å²) < 4.78 is 35.6. The molecule has 0 fully saturated rings. The minimum absolute atomic E-state index is 0.0354. The third-order valence-electron chi connectivity index (χ3n) is 9.17. The van der Waals surface area contributed by atoms with Crippen LogP contribution in [0, 0.1) is 10.8 Å².